The first-order chi connectivity index (χ1) is 10.3. The second kappa shape index (κ2) is 7.91. The van der Waals surface area contributed by atoms with Crippen molar-refractivity contribution in [3.63, 3.8) is 0 Å². The summed E-state index contributed by atoms with van der Waals surface area (Å²) >= 11 is 0. The summed E-state index contributed by atoms with van der Waals surface area (Å²) in [5, 5.41) is 17.2. The zero-order chi connectivity index (χ0) is 16.7. The minimum absolute atomic E-state index is 0.0757. The van der Waals surface area contributed by atoms with Gasteiger partial charge in [-0.05, 0) is 20.8 Å². The molecule has 0 atom stereocenters. The van der Waals surface area contributed by atoms with Gasteiger partial charge in [0.15, 0.2) is 0 Å². The molecule has 0 fully saturated rings. The van der Waals surface area contributed by atoms with E-state index in [-0.39, 0.29) is 31.2 Å². The first kappa shape index (κ1) is 17.3. The summed E-state index contributed by atoms with van der Waals surface area (Å²) in [6, 6.07) is 0. The van der Waals surface area contributed by atoms with Crippen LogP contribution in [0.3, 0.4) is 0 Å². The van der Waals surface area contributed by atoms with E-state index in [1.165, 1.54) is 23.9 Å². The van der Waals surface area contributed by atoms with Crippen molar-refractivity contribution in [3.05, 3.63) is 33.8 Å². The van der Waals surface area contributed by atoms with E-state index in [4.69, 9.17) is 4.74 Å². The number of aromatic nitrogens is 2. The predicted molar refractivity (Wildman–Crippen MR) is 76.8 cm³/mol. The Bertz CT molecular complexity index is 606. The molecule has 0 aliphatic heterocycles. The van der Waals surface area contributed by atoms with Crippen LogP contribution in [0.25, 0.3) is 0 Å². The van der Waals surface area contributed by atoms with Gasteiger partial charge in [-0.25, -0.2) is 4.79 Å². The first-order valence-corrected chi connectivity index (χ1v) is 6.66. The Balaban J connectivity index is 2.51. The third-order valence-corrected chi connectivity index (χ3v) is 2.64. The van der Waals surface area contributed by atoms with Crippen LogP contribution in [0.4, 0.5) is 5.69 Å². The normalized spacial score (nSPS) is 11.1. The molecule has 120 valence electrons. The maximum Gasteiger partial charge on any atom is 0.332 e. The van der Waals surface area contributed by atoms with Gasteiger partial charge in [0.05, 0.1) is 11.5 Å². The smallest absolute Gasteiger partial charge is 0.332 e. The lowest BCUT2D eigenvalue weighted by Crippen LogP contribution is -2.23. The van der Waals surface area contributed by atoms with Crippen molar-refractivity contribution in [1.82, 2.24) is 15.1 Å². The van der Waals surface area contributed by atoms with E-state index in [1.54, 1.807) is 13.8 Å². The first-order valence-electron chi connectivity index (χ1n) is 6.66. The number of hydrogen-bond donors (Lipinski definition) is 1. The van der Waals surface area contributed by atoms with Crippen LogP contribution in [0.5, 0.6) is 0 Å². The van der Waals surface area contributed by atoms with Gasteiger partial charge in [-0.15, -0.1) is 0 Å². The molecule has 0 saturated heterocycles. The second-order valence-corrected chi connectivity index (χ2v) is 4.50. The molecule has 0 radical (unpaired) electrons. The van der Waals surface area contributed by atoms with Gasteiger partial charge in [-0.2, -0.15) is 5.10 Å². The lowest BCUT2D eigenvalue weighted by Gasteiger charge is -2.05. The average Bonchev–Trinajstić information content (AvgIpc) is 2.77. The highest BCUT2D eigenvalue weighted by Crippen LogP contribution is 2.15. The number of carbonyl (C=O) groups excluding carboxylic acids is 2. The van der Waals surface area contributed by atoms with E-state index in [0.29, 0.717) is 11.4 Å². The summed E-state index contributed by atoms with van der Waals surface area (Å²) in [6.45, 7) is 5.24. The van der Waals surface area contributed by atoms with E-state index in [2.05, 4.69) is 10.4 Å². The van der Waals surface area contributed by atoms with Crippen LogP contribution in [0, 0.1) is 17.0 Å². The summed E-state index contributed by atoms with van der Waals surface area (Å²) in [5.41, 5.74) is 0.577. The van der Waals surface area contributed by atoms with Gasteiger partial charge < -0.3 is 10.1 Å². The van der Waals surface area contributed by atoms with Gasteiger partial charge in [0.2, 0.25) is 5.91 Å². The topological polar surface area (TPSA) is 116 Å². The van der Waals surface area contributed by atoms with E-state index < -0.39 is 10.9 Å². The number of carbonyl (C=O) groups is 2. The fourth-order valence-electron chi connectivity index (χ4n) is 1.70. The number of rotatable bonds is 7. The number of amides is 1. The molecule has 9 nitrogen and oxygen atoms in total. The van der Waals surface area contributed by atoms with E-state index in [9.17, 15) is 19.7 Å². The van der Waals surface area contributed by atoms with Crippen molar-refractivity contribution in [2.24, 2.45) is 0 Å². The molecule has 0 aliphatic rings. The van der Waals surface area contributed by atoms with Crippen LogP contribution in [0.2, 0.25) is 0 Å². The summed E-state index contributed by atoms with van der Waals surface area (Å²) in [6.07, 6.45) is 2.54. The fraction of sp³-hybridized carbons (Fsp3) is 0.462. The van der Waals surface area contributed by atoms with Gasteiger partial charge in [0.1, 0.15) is 11.9 Å². The number of nitrogens with one attached hydrogen (secondary N) is 1. The molecule has 0 spiro atoms. The molecule has 0 unspecified atom stereocenters. The van der Waals surface area contributed by atoms with E-state index in [1.807, 2.05) is 0 Å². The number of aryl methyl sites for hydroxylation is 2. The van der Waals surface area contributed by atoms with Crippen molar-refractivity contribution in [2.75, 3.05) is 6.61 Å². The predicted octanol–water partition coefficient (Wildman–Crippen LogP) is 1.07. The molecule has 1 heterocycles. The molecule has 1 amide bonds. The minimum atomic E-state index is -0.529. The Labute approximate surface area is 127 Å². The molecule has 0 aromatic carbocycles. The molecule has 1 aromatic heterocycles. The van der Waals surface area contributed by atoms with Gasteiger partial charge in [0, 0.05) is 24.7 Å². The number of nitro groups is 1. The van der Waals surface area contributed by atoms with Gasteiger partial charge in [-0.1, -0.05) is 0 Å². The Morgan fingerprint density at radius 2 is 2.23 bits per heavy atom. The summed E-state index contributed by atoms with van der Waals surface area (Å²) in [7, 11) is 0. The number of ether oxygens (including phenoxy) is 1. The summed E-state index contributed by atoms with van der Waals surface area (Å²) in [4.78, 5) is 33.1. The van der Waals surface area contributed by atoms with Crippen LogP contribution in [-0.4, -0.2) is 33.2 Å². The van der Waals surface area contributed by atoms with Crippen molar-refractivity contribution >= 4 is 17.6 Å². The number of hydrogen-bond acceptors (Lipinski definition) is 6. The van der Waals surface area contributed by atoms with Crippen molar-refractivity contribution in [1.29, 1.82) is 0 Å². The molecule has 22 heavy (non-hydrogen) atoms. The third kappa shape index (κ3) is 5.35. The Hall–Kier alpha value is -2.71. The van der Waals surface area contributed by atoms with Gasteiger partial charge >= 0.3 is 11.7 Å². The van der Waals surface area contributed by atoms with Crippen LogP contribution in [0.1, 0.15) is 26.0 Å². The standard InChI is InChI=1S/C13H18N4O5/c1-4-22-13(19)7-9(2)14-12(18)5-6-16-8-11(17(20)21)10(3)15-16/h7-8H,4-6H2,1-3H3,(H,14,18)/b9-7+. The molecule has 9 heteroatoms. The molecule has 0 saturated carbocycles. The van der Waals surface area contributed by atoms with Crippen LogP contribution in [0.15, 0.2) is 18.0 Å². The maximum atomic E-state index is 11.7. The Morgan fingerprint density at radius 3 is 2.77 bits per heavy atom. The number of nitrogens with zero attached hydrogens (tertiary/aromatic N) is 3. The molecule has 1 N–H and O–H groups in total. The minimum Gasteiger partial charge on any atom is -0.463 e. The van der Waals surface area contributed by atoms with E-state index >= 15 is 0 Å². The highest BCUT2D eigenvalue weighted by Gasteiger charge is 2.15. The summed E-state index contributed by atoms with van der Waals surface area (Å²) in [5.74, 6) is -0.854. The number of esters is 1. The molecule has 0 bridgehead atoms. The maximum absolute atomic E-state index is 11.7. The number of allylic oxidation sites excluding steroid dienone is 1. The largest absolute Gasteiger partial charge is 0.463 e. The molecular formula is C13H18N4O5. The van der Waals surface area contributed by atoms with Crippen LogP contribution >= 0.6 is 0 Å². The molecule has 1 rings (SSSR count). The lowest BCUT2D eigenvalue weighted by atomic mass is 10.3. The quantitative estimate of drug-likeness (QED) is 0.348. The third-order valence-electron chi connectivity index (χ3n) is 2.64. The monoisotopic (exact) mass is 310 g/mol. The zero-order valence-corrected chi connectivity index (χ0v) is 12.7. The molecule has 1 aromatic rings. The summed E-state index contributed by atoms with van der Waals surface area (Å²) < 4.78 is 6.06. The zero-order valence-electron chi connectivity index (χ0n) is 12.7. The SMILES string of the molecule is CCOC(=O)/C=C(\C)NC(=O)CCn1cc([N+](=O)[O-])c(C)n1. The molecule has 0 aliphatic carbocycles. The van der Waals surface area contributed by atoms with E-state index in [0.717, 1.165) is 0 Å². The Kier molecular flexibility index (Phi) is 6.24. The van der Waals surface area contributed by atoms with Crippen molar-refractivity contribution < 1.29 is 19.2 Å². The highest BCUT2D eigenvalue weighted by molar-refractivity contribution is 5.84. The lowest BCUT2D eigenvalue weighted by molar-refractivity contribution is -0.385. The Morgan fingerprint density at radius 1 is 1.55 bits per heavy atom. The molecular weight excluding hydrogens is 292 g/mol. The van der Waals surface area contributed by atoms with Crippen LogP contribution < -0.4 is 5.32 Å². The van der Waals surface area contributed by atoms with Gasteiger partial charge in [-0.3, -0.25) is 19.6 Å². The van der Waals surface area contributed by atoms with Crippen LogP contribution in [-0.2, 0) is 20.9 Å². The fourth-order valence-corrected chi connectivity index (χ4v) is 1.70. The van der Waals surface area contributed by atoms with Crippen molar-refractivity contribution in [2.45, 2.75) is 33.7 Å². The second-order valence-electron chi connectivity index (χ2n) is 4.50. The van der Waals surface area contributed by atoms with Gasteiger partial charge in [0.25, 0.3) is 0 Å². The highest BCUT2D eigenvalue weighted by atomic mass is 16.6. The average molecular weight is 310 g/mol. The van der Waals surface area contributed by atoms with Crippen molar-refractivity contribution in [3.8, 4) is 0 Å².